The third-order valence-corrected chi connectivity index (χ3v) is 5.06. The van der Waals surface area contributed by atoms with E-state index in [2.05, 4.69) is 15.1 Å². The Balaban J connectivity index is 1.55. The van der Waals surface area contributed by atoms with Gasteiger partial charge in [0.05, 0.1) is 18.1 Å². The molecule has 3 heterocycles. The number of amides is 1. The van der Waals surface area contributed by atoms with Crippen LogP contribution in [-0.4, -0.2) is 52.7 Å². The molecule has 0 radical (unpaired) electrons. The van der Waals surface area contributed by atoms with E-state index in [1.165, 1.54) is 0 Å². The van der Waals surface area contributed by atoms with Crippen LogP contribution < -0.4 is 0 Å². The average molecular weight is 342 g/mol. The largest absolute Gasteiger partial charge is 0.384 e. The van der Waals surface area contributed by atoms with Gasteiger partial charge >= 0.3 is 0 Å². The van der Waals surface area contributed by atoms with Crippen LogP contribution in [0.3, 0.4) is 0 Å². The highest BCUT2D eigenvalue weighted by Crippen LogP contribution is 2.40. The maximum absolute atomic E-state index is 12.9. The van der Waals surface area contributed by atoms with Crippen molar-refractivity contribution < 1.29 is 14.1 Å². The van der Waals surface area contributed by atoms with Crippen molar-refractivity contribution >= 4 is 5.91 Å². The summed E-state index contributed by atoms with van der Waals surface area (Å²) in [6.07, 6.45) is 3.97. The van der Waals surface area contributed by atoms with Gasteiger partial charge in [-0.1, -0.05) is 5.16 Å². The van der Waals surface area contributed by atoms with E-state index in [1.54, 1.807) is 19.4 Å². The third-order valence-electron chi connectivity index (χ3n) is 5.06. The van der Waals surface area contributed by atoms with Crippen LogP contribution >= 0.6 is 0 Å². The Morgan fingerprint density at radius 3 is 2.96 bits per heavy atom. The number of aryl methyl sites for hydroxylation is 1. The highest BCUT2D eigenvalue weighted by atomic mass is 16.5. The number of hydrogen-bond donors (Lipinski definition) is 0. The van der Waals surface area contributed by atoms with Gasteiger partial charge in [-0.25, -0.2) is 0 Å². The Morgan fingerprint density at radius 2 is 2.24 bits per heavy atom. The minimum Gasteiger partial charge on any atom is -0.384 e. The van der Waals surface area contributed by atoms with Gasteiger partial charge in [0.15, 0.2) is 5.82 Å². The Kier molecular flexibility index (Phi) is 4.25. The van der Waals surface area contributed by atoms with Crippen molar-refractivity contribution in [2.24, 2.45) is 5.92 Å². The number of likely N-dealkylation sites (tertiary alicyclic amines) is 1. The summed E-state index contributed by atoms with van der Waals surface area (Å²) in [6.45, 7) is 3.59. The zero-order valence-corrected chi connectivity index (χ0v) is 14.5. The molecule has 0 bridgehead atoms. The third kappa shape index (κ3) is 3.16. The smallest absolute Gasteiger partial charge is 0.255 e. The van der Waals surface area contributed by atoms with Gasteiger partial charge in [-0.2, -0.15) is 4.98 Å². The first-order valence-electron chi connectivity index (χ1n) is 8.70. The second kappa shape index (κ2) is 6.55. The number of pyridine rings is 1. The lowest BCUT2D eigenvalue weighted by molar-refractivity contribution is 0.0774. The van der Waals surface area contributed by atoms with Crippen LogP contribution in [-0.2, 0) is 4.74 Å². The Labute approximate surface area is 146 Å². The normalized spacial score (nSPS) is 23.2. The molecule has 1 amide bonds. The first-order chi connectivity index (χ1) is 12.2. The van der Waals surface area contributed by atoms with Crippen LogP contribution in [0, 0.1) is 12.8 Å². The maximum atomic E-state index is 12.9. The van der Waals surface area contributed by atoms with Crippen LogP contribution in [0.25, 0.3) is 0 Å². The number of methoxy groups -OCH3 is 1. The van der Waals surface area contributed by atoms with Gasteiger partial charge in [-0.15, -0.1) is 0 Å². The van der Waals surface area contributed by atoms with Gasteiger partial charge in [0.25, 0.3) is 5.91 Å². The number of rotatable bonds is 5. The van der Waals surface area contributed by atoms with E-state index in [1.807, 2.05) is 17.9 Å². The van der Waals surface area contributed by atoms with Crippen LogP contribution in [0.2, 0.25) is 0 Å². The summed E-state index contributed by atoms with van der Waals surface area (Å²) < 4.78 is 10.9. The summed E-state index contributed by atoms with van der Waals surface area (Å²) in [6, 6.07) is 3.61. The molecule has 2 aromatic rings. The number of aromatic nitrogens is 3. The van der Waals surface area contributed by atoms with E-state index in [-0.39, 0.29) is 17.7 Å². The van der Waals surface area contributed by atoms with E-state index in [9.17, 15) is 4.79 Å². The molecule has 132 valence electrons. The van der Waals surface area contributed by atoms with Crippen LogP contribution in [0.4, 0.5) is 0 Å². The molecule has 7 nitrogen and oxygen atoms in total. The number of carbonyl (C=O) groups excluding carboxylic acids is 1. The van der Waals surface area contributed by atoms with E-state index in [0.717, 1.165) is 24.4 Å². The first kappa shape index (κ1) is 16.2. The molecular formula is C18H22N4O3. The van der Waals surface area contributed by atoms with E-state index in [4.69, 9.17) is 9.26 Å². The molecule has 1 saturated heterocycles. The highest BCUT2D eigenvalue weighted by Gasteiger charge is 2.41. The molecule has 0 aromatic carbocycles. The van der Waals surface area contributed by atoms with Crippen LogP contribution in [0.1, 0.15) is 52.4 Å². The highest BCUT2D eigenvalue weighted by molar-refractivity contribution is 5.95. The maximum Gasteiger partial charge on any atom is 0.255 e. The monoisotopic (exact) mass is 342 g/mol. The van der Waals surface area contributed by atoms with Crippen molar-refractivity contribution in [1.29, 1.82) is 0 Å². The second-order valence-corrected chi connectivity index (χ2v) is 6.93. The number of carbonyl (C=O) groups is 1. The Hall–Kier alpha value is -2.28. The molecule has 2 aromatic heterocycles. The zero-order chi connectivity index (χ0) is 17.4. The van der Waals surface area contributed by atoms with Gasteiger partial charge in [0.2, 0.25) is 5.89 Å². The fraction of sp³-hybridized carbons (Fsp3) is 0.556. The van der Waals surface area contributed by atoms with Crippen LogP contribution in [0.5, 0.6) is 0 Å². The molecule has 2 aliphatic rings. The molecule has 1 saturated carbocycles. The predicted molar refractivity (Wildman–Crippen MR) is 89.3 cm³/mol. The first-order valence-corrected chi connectivity index (χ1v) is 8.70. The Morgan fingerprint density at radius 1 is 1.40 bits per heavy atom. The second-order valence-electron chi connectivity index (χ2n) is 6.93. The van der Waals surface area contributed by atoms with E-state index < -0.39 is 0 Å². The summed E-state index contributed by atoms with van der Waals surface area (Å²) >= 11 is 0. The molecule has 1 aliphatic heterocycles. The van der Waals surface area contributed by atoms with Gasteiger partial charge in [0, 0.05) is 43.9 Å². The van der Waals surface area contributed by atoms with Gasteiger partial charge in [-0.3, -0.25) is 9.78 Å². The van der Waals surface area contributed by atoms with Crippen LogP contribution in [0.15, 0.2) is 22.9 Å². The standard InChI is InChI=1S/C18H22N4O3/c1-11-14(4-3-7-19-11)18(23)22-8-13(10-24-2)15(9-22)17-20-16(21-25-17)12-5-6-12/h3-4,7,12-13,15H,5-6,8-10H2,1-2H3/t13-,15+/m0/s1. The molecule has 2 atom stereocenters. The summed E-state index contributed by atoms with van der Waals surface area (Å²) in [7, 11) is 1.68. The van der Waals surface area contributed by atoms with Crippen molar-refractivity contribution in [3.05, 3.63) is 41.3 Å². The lowest BCUT2D eigenvalue weighted by Crippen LogP contribution is -2.30. The van der Waals surface area contributed by atoms with Crippen molar-refractivity contribution in [3.8, 4) is 0 Å². The lowest BCUT2D eigenvalue weighted by atomic mass is 9.97. The molecule has 0 N–H and O–H groups in total. The molecule has 0 unspecified atom stereocenters. The fourth-order valence-electron chi connectivity index (χ4n) is 3.49. The van der Waals surface area contributed by atoms with E-state index >= 15 is 0 Å². The zero-order valence-electron chi connectivity index (χ0n) is 14.5. The van der Waals surface area contributed by atoms with Crippen molar-refractivity contribution in [3.63, 3.8) is 0 Å². The molecule has 25 heavy (non-hydrogen) atoms. The topological polar surface area (TPSA) is 81.4 Å². The summed E-state index contributed by atoms with van der Waals surface area (Å²) in [5.74, 6) is 2.05. The molecular weight excluding hydrogens is 320 g/mol. The summed E-state index contributed by atoms with van der Waals surface area (Å²) in [5, 5.41) is 4.12. The number of ether oxygens (including phenoxy) is 1. The molecule has 1 aliphatic carbocycles. The Bertz CT molecular complexity index is 771. The molecule has 4 rings (SSSR count). The summed E-state index contributed by atoms with van der Waals surface area (Å²) in [4.78, 5) is 23.6. The van der Waals surface area contributed by atoms with Gasteiger partial charge in [0.1, 0.15) is 0 Å². The molecule has 2 fully saturated rings. The minimum absolute atomic E-state index is 0.00358. The molecule has 0 spiro atoms. The summed E-state index contributed by atoms with van der Waals surface area (Å²) in [5.41, 5.74) is 1.39. The minimum atomic E-state index is -0.00358. The van der Waals surface area contributed by atoms with Gasteiger partial charge < -0.3 is 14.2 Å². The predicted octanol–water partition coefficient (Wildman–Crippen LogP) is 2.15. The lowest BCUT2D eigenvalue weighted by Gasteiger charge is -2.17. The number of hydrogen-bond acceptors (Lipinski definition) is 6. The molecule has 7 heteroatoms. The van der Waals surface area contributed by atoms with Crippen molar-refractivity contribution in [2.45, 2.75) is 31.6 Å². The number of nitrogens with zero attached hydrogens (tertiary/aromatic N) is 4. The SMILES string of the molecule is COC[C@@H]1CN(C(=O)c2cccnc2C)C[C@H]1c1nc(C2CC2)no1. The fourth-order valence-corrected chi connectivity index (χ4v) is 3.49. The van der Waals surface area contributed by atoms with Crippen molar-refractivity contribution in [1.82, 2.24) is 20.0 Å². The van der Waals surface area contributed by atoms with Gasteiger partial charge in [-0.05, 0) is 31.9 Å². The quantitative estimate of drug-likeness (QED) is 0.828. The van der Waals surface area contributed by atoms with Crippen molar-refractivity contribution in [2.75, 3.05) is 26.8 Å². The van der Waals surface area contributed by atoms with E-state index in [0.29, 0.717) is 37.1 Å². The average Bonchev–Trinajstić information content (AvgIpc) is 3.19.